The number of amides is 1. The zero-order chi connectivity index (χ0) is 19.0. The Balaban J connectivity index is 0.00000225. The highest BCUT2D eigenvalue weighted by Gasteiger charge is 2.38. The number of carbonyl (C=O) groups is 1. The number of rotatable bonds is 6. The Morgan fingerprint density at radius 3 is 2.43 bits per heavy atom. The van der Waals surface area contributed by atoms with Crippen LogP contribution in [-0.2, 0) is 6.18 Å². The van der Waals surface area contributed by atoms with E-state index in [-0.39, 0.29) is 18.0 Å². The second-order valence-electron chi connectivity index (χ2n) is 7.46. The van der Waals surface area contributed by atoms with Gasteiger partial charge in [-0.25, -0.2) is 0 Å². The monoisotopic (exact) mass is 410 g/mol. The number of hydrogen-bond donors (Lipinski definition) is 2. The van der Waals surface area contributed by atoms with Crippen molar-refractivity contribution < 1.29 is 18.0 Å². The molecule has 2 atom stereocenters. The summed E-state index contributed by atoms with van der Waals surface area (Å²) < 4.78 is 38.3. The molecular formula is C21H22ClF3N2O. The maximum absolute atomic E-state index is 12.8. The van der Waals surface area contributed by atoms with Crippen LogP contribution in [0, 0.1) is 5.92 Å². The standard InChI is InChI=1S/C21H21F3N2O.ClH/c22-21(23,24)16-3-1-2-15(10-16)20(27)26-17-8-6-14(7-9-17)18-11-19(18)25-12-13-4-5-13;/h1-3,6-10,13,18-19,25H,4-5,11-12H2,(H,26,27);1H. The van der Waals surface area contributed by atoms with Gasteiger partial charge in [0.2, 0.25) is 0 Å². The molecule has 2 saturated carbocycles. The van der Waals surface area contributed by atoms with Crippen LogP contribution in [0.25, 0.3) is 0 Å². The second-order valence-corrected chi connectivity index (χ2v) is 7.46. The third kappa shape index (κ3) is 5.06. The smallest absolute Gasteiger partial charge is 0.322 e. The molecule has 0 aromatic heterocycles. The molecule has 2 aliphatic carbocycles. The molecule has 2 fully saturated rings. The van der Waals surface area contributed by atoms with Gasteiger partial charge in [-0.2, -0.15) is 13.2 Å². The highest BCUT2D eigenvalue weighted by atomic mass is 35.5. The lowest BCUT2D eigenvalue weighted by Crippen LogP contribution is -2.20. The van der Waals surface area contributed by atoms with Crippen LogP contribution in [-0.4, -0.2) is 18.5 Å². The van der Waals surface area contributed by atoms with E-state index in [1.54, 1.807) is 12.1 Å². The van der Waals surface area contributed by atoms with Crippen LogP contribution in [0.5, 0.6) is 0 Å². The molecule has 4 rings (SSSR count). The Kier molecular flexibility index (Phi) is 6.01. The third-order valence-electron chi connectivity index (χ3n) is 5.20. The van der Waals surface area contributed by atoms with Crippen LogP contribution in [0.2, 0.25) is 0 Å². The van der Waals surface area contributed by atoms with E-state index in [1.165, 1.54) is 30.5 Å². The molecule has 3 nitrogen and oxygen atoms in total. The number of hydrogen-bond acceptors (Lipinski definition) is 2. The minimum Gasteiger partial charge on any atom is -0.322 e. The molecule has 0 radical (unpaired) electrons. The molecule has 0 aliphatic heterocycles. The van der Waals surface area contributed by atoms with Crippen molar-refractivity contribution >= 4 is 24.0 Å². The molecule has 2 aromatic rings. The first kappa shape index (κ1) is 20.7. The summed E-state index contributed by atoms with van der Waals surface area (Å²) in [6.45, 7) is 1.10. The van der Waals surface area contributed by atoms with E-state index in [1.807, 2.05) is 12.1 Å². The van der Waals surface area contributed by atoms with E-state index in [9.17, 15) is 18.0 Å². The lowest BCUT2D eigenvalue weighted by atomic mass is 10.1. The fourth-order valence-corrected chi connectivity index (χ4v) is 3.28. The molecule has 0 bridgehead atoms. The highest BCUT2D eigenvalue weighted by molar-refractivity contribution is 6.04. The van der Waals surface area contributed by atoms with Crippen LogP contribution in [0.15, 0.2) is 48.5 Å². The van der Waals surface area contributed by atoms with Crippen molar-refractivity contribution in [3.05, 3.63) is 65.2 Å². The zero-order valence-corrected chi connectivity index (χ0v) is 15.9. The Hall–Kier alpha value is -2.05. The summed E-state index contributed by atoms with van der Waals surface area (Å²) in [6.07, 6.45) is -0.662. The lowest BCUT2D eigenvalue weighted by Gasteiger charge is -2.10. The Labute approximate surface area is 168 Å². The van der Waals surface area contributed by atoms with Gasteiger partial charge in [0.25, 0.3) is 5.91 Å². The molecule has 1 amide bonds. The van der Waals surface area contributed by atoms with Crippen molar-refractivity contribution in [3.8, 4) is 0 Å². The highest BCUT2D eigenvalue weighted by Crippen LogP contribution is 2.42. The number of benzene rings is 2. The maximum Gasteiger partial charge on any atom is 0.416 e. The molecule has 0 heterocycles. The predicted octanol–water partition coefficient (Wildman–Crippen LogP) is 5.24. The van der Waals surface area contributed by atoms with Gasteiger partial charge in [0.1, 0.15) is 0 Å². The molecular weight excluding hydrogens is 389 g/mol. The zero-order valence-electron chi connectivity index (χ0n) is 15.1. The largest absolute Gasteiger partial charge is 0.416 e. The van der Waals surface area contributed by atoms with Crippen LogP contribution in [0.1, 0.15) is 46.7 Å². The van der Waals surface area contributed by atoms with E-state index in [4.69, 9.17) is 0 Å². The average Bonchev–Trinajstić information content (AvgIpc) is 3.54. The first-order chi connectivity index (χ1) is 12.9. The second kappa shape index (κ2) is 8.13. The molecule has 28 heavy (non-hydrogen) atoms. The number of nitrogens with one attached hydrogen (secondary N) is 2. The third-order valence-corrected chi connectivity index (χ3v) is 5.20. The first-order valence-corrected chi connectivity index (χ1v) is 9.22. The van der Waals surface area contributed by atoms with Gasteiger partial charge in [-0.05, 0) is 67.6 Å². The van der Waals surface area contributed by atoms with Crippen LogP contribution >= 0.6 is 12.4 Å². The summed E-state index contributed by atoms with van der Waals surface area (Å²) in [6, 6.07) is 12.5. The first-order valence-electron chi connectivity index (χ1n) is 9.22. The topological polar surface area (TPSA) is 41.1 Å². The van der Waals surface area contributed by atoms with Crippen molar-refractivity contribution in [3.63, 3.8) is 0 Å². The number of anilines is 1. The summed E-state index contributed by atoms with van der Waals surface area (Å²) in [4.78, 5) is 12.2. The van der Waals surface area contributed by atoms with Gasteiger partial charge in [0.15, 0.2) is 0 Å². The van der Waals surface area contributed by atoms with Crippen molar-refractivity contribution in [1.82, 2.24) is 5.32 Å². The Morgan fingerprint density at radius 2 is 1.79 bits per heavy atom. The van der Waals surface area contributed by atoms with Crippen molar-refractivity contribution in [1.29, 1.82) is 0 Å². The molecule has 7 heteroatoms. The molecule has 2 aromatic carbocycles. The predicted molar refractivity (Wildman–Crippen MR) is 105 cm³/mol. The van der Waals surface area contributed by atoms with Crippen LogP contribution < -0.4 is 10.6 Å². The normalized spacial score (nSPS) is 21.0. The van der Waals surface area contributed by atoms with Gasteiger partial charge in [-0.15, -0.1) is 12.4 Å². The molecule has 2 N–H and O–H groups in total. The summed E-state index contributed by atoms with van der Waals surface area (Å²) in [5.74, 6) is 0.820. The van der Waals surface area contributed by atoms with E-state index in [0.29, 0.717) is 17.6 Å². The molecule has 2 unspecified atom stereocenters. The van der Waals surface area contributed by atoms with Gasteiger partial charge < -0.3 is 10.6 Å². The summed E-state index contributed by atoms with van der Waals surface area (Å²) >= 11 is 0. The van der Waals surface area contributed by atoms with E-state index >= 15 is 0 Å². The van der Waals surface area contributed by atoms with Crippen molar-refractivity contribution in [2.75, 3.05) is 11.9 Å². The summed E-state index contributed by atoms with van der Waals surface area (Å²) in [5, 5.41) is 6.25. The van der Waals surface area contributed by atoms with E-state index in [0.717, 1.165) is 31.0 Å². The number of alkyl halides is 3. The maximum atomic E-state index is 12.8. The Morgan fingerprint density at radius 1 is 1.07 bits per heavy atom. The quantitative estimate of drug-likeness (QED) is 0.684. The summed E-state index contributed by atoms with van der Waals surface area (Å²) in [7, 11) is 0. The summed E-state index contributed by atoms with van der Waals surface area (Å²) in [5.41, 5.74) is 0.953. The van der Waals surface area contributed by atoms with E-state index < -0.39 is 17.6 Å². The molecule has 2 aliphatic rings. The van der Waals surface area contributed by atoms with Gasteiger partial charge in [0, 0.05) is 23.2 Å². The van der Waals surface area contributed by atoms with Crippen LogP contribution in [0.4, 0.5) is 18.9 Å². The van der Waals surface area contributed by atoms with Crippen LogP contribution in [0.3, 0.4) is 0 Å². The number of carbonyl (C=O) groups excluding carboxylic acids is 1. The lowest BCUT2D eigenvalue weighted by molar-refractivity contribution is -0.137. The fourth-order valence-electron chi connectivity index (χ4n) is 3.28. The van der Waals surface area contributed by atoms with Gasteiger partial charge in [0.05, 0.1) is 5.56 Å². The van der Waals surface area contributed by atoms with Crippen molar-refractivity contribution in [2.24, 2.45) is 5.92 Å². The average molecular weight is 411 g/mol. The minimum absolute atomic E-state index is 0. The Bertz CT molecular complexity index is 834. The van der Waals surface area contributed by atoms with Crippen molar-refractivity contribution in [2.45, 2.75) is 37.4 Å². The van der Waals surface area contributed by atoms with E-state index in [2.05, 4.69) is 10.6 Å². The fraction of sp³-hybridized carbons (Fsp3) is 0.381. The van der Waals surface area contributed by atoms with Gasteiger partial charge in [-0.1, -0.05) is 18.2 Å². The SMILES string of the molecule is Cl.O=C(Nc1ccc(C2CC2NCC2CC2)cc1)c1cccc(C(F)(F)F)c1. The van der Waals surface area contributed by atoms with Gasteiger partial charge in [-0.3, -0.25) is 4.79 Å². The minimum atomic E-state index is -4.47. The molecule has 0 saturated heterocycles. The number of halogens is 4. The van der Waals surface area contributed by atoms with Gasteiger partial charge >= 0.3 is 6.18 Å². The molecule has 150 valence electrons. The molecule has 0 spiro atoms.